The Balaban J connectivity index is 2.10. The van der Waals surface area contributed by atoms with Gasteiger partial charge in [0.25, 0.3) is 5.56 Å². The van der Waals surface area contributed by atoms with Crippen molar-refractivity contribution in [3.8, 4) is 0 Å². The van der Waals surface area contributed by atoms with Crippen LogP contribution >= 0.6 is 0 Å². The summed E-state index contributed by atoms with van der Waals surface area (Å²) in [5.74, 6) is -0.265. The minimum absolute atomic E-state index is 0.0583. The van der Waals surface area contributed by atoms with Crippen LogP contribution in [0.2, 0.25) is 0 Å². The summed E-state index contributed by atoms with van der Waals surface area (Å²) in [7, 11) is 0. The molecule has 20 heavy (non-hydrogen) atoms. The van der Waals surface area contributed by atoms with E-state index in [0.717, 1.165) is 5.56 Å². The van der Waals surface area contributed by atoms with E-state index >= 15 is 0 Å². The Kier molecular flexibility index (Phi) is 3.89. The summed E-state index contributed by atoms with van der Waals surface area (Å²) in [6, 6.07) is 8.88. The van der Waals surface area contributed by atoms with Crippen LogP contribution in [0.5, 0.6) is 0 Å². The number of rotatable bonds is 3. The van der Waals surface area contributed by atoms with Crippen molar-refractivity contribution in [2.24, 2.45) is 0 Å². The Bertz CT molecular complexity index is 687. The number of aromatic nitrogens is 1. The molecule has 0 spiro atoms. The van der Waals surface area contributed by atoms with Gasteiger partial charge in [-0.15, -0.1) is 0 Å². The number of nitrogens with zero attached hydrogens (tertiary/aromatic N) is 1. The van der Waals surface area contributed by atoms with Crippen LogP contribution in [0.15, 0.2) is 41.3 Å². The maximum Gasteiger partial charge on any atom is 0.251 e. The molecule has 0 aliphatic rings. The SMILES string of the molecule is Cc1ccc(NC(=O)Cn2cc(N)c(C)cc2=O)cc1. The molecule has 2 aromatic rings. The number of nitrogen functional groups attached to an aromatic ring is 1. The highest BCUT2D eigenvalue weighted by atomic mass is 16.2. The molecule has 0 aliphatic carbocycles. The highest BCUT2D eigenvalue weighted by Gasteiger charge is 2.06. The molecule has 1 amide bonds. The first-order valence-corrected chi connectivity index (χ1v) is 6.29. The third-order valence-electron chi connectivity index (χ3n) is 3.02. The van der Waals surface area contributed by atoms with Gasteiger partial charge in [-0.2, -0.15) is 0 Å². The fourth-order valence-electron chi connectivity index (χ4n) is 1.80. The topological polar surface area (TPSA) is 77.1 Å². The van der Waals surface area contributed by atoms with Crippen LogP contribution < -0.4 is 16.6 Å². The van der Waals surface area contributed by atoms with E-state index in [-0.39, 0.29) is 18.0 Å². The first kappa shape index (κ1) is 13.9. The van der Waals surface area contributed by atoms with Gasteiger partial charge in [-0.3, -0.25) is 9.59 Å². The molecule has 0 bridgehead atoms. The molecule has 3 N–H and O–H groups in total. The van der Waals surface area contributed by atoms with Crippen molar-refractivity contribution in [2.45, 2.75) is 20.4 Å². The number of aryl methyl sites for hydroxylation is 2. The van der Waals surface area contributed by atoms with Gasteiger partial charge < -0.3 is 15.6 Å². The minimum Gasteiger partial charge on any atom is -0.397 e. The molecule has 1 heterocycles. The number of hydrogen-bond acceptors (Lipinski definition) is 3. The molecule has 0 unspecified atom stereocenters. The van der Waals surface area contributed by atoms with Crippen LogP contribution in [-0.4, -0.2) is 10.5 Å². The largest absolute Gasteiger partial charge is 0.397 e. The van der Waals surface area contributed by atoms with Crippen molar-refractivity contribution in [2.75, 3.05) is 11.1 Å². The molecule has 104 valence electrons. The first-order chi connectivity index (χ1) is 9.45. The van der Waals surface area contributed by atoms with Crippen LogP contribution in [-0.2, 0) is 11.3 Å². The Hall–Kier alpha value is -2.56. The van der Waals surface area contributed by atoms with E-state index in [2.05, 4.69) is 5.32 Å². The second kappa shape index (κ2) is 5.61. The van der Waals surface area contributed by atoms with Crippen LogP contribution in [0.25, 0.3) is 0 Å². The fraction of sp³-hybridized carbons (Fsp3) is 0.200. The summed E-state index contributed by atoms with van der Waals surface area (Å²) >= 11 is 0. The van der Waals surface area contributed by atoms with E-state index in [1.807, 2.05) is 31.2 Å². The van der Waals surface area contributed by atoms with Crippen LogP contribution in [0.4, 0.5) is 11.4 Å². The summed E-state index contributed by atoms with van der Waals surface area (Å²) < 4.78 is 1.30. The summed E-state index contributed by atoms with van der Waals surface area (Å²) in [6.07, 6.45) is 1.49. The molecule has 0 radical (unpaired) electrons. The third-order valence-corrected chi connectivity index (χ3v) is 3.02. The number of carbonyl (C=O) groups is 1. The van der Waals surface area contributed by atoms with Crippen molar-refractivity contribution in [1.29, 1.82) is 0 Å². The molecule has 5 nitrogen and oxygen atoms in total. The Morgan fingerprint density at radius 1 is 1.25 bits per heavy atom. The minimum atomic E-state index is -0.265. The maximum absolute atomic E-state index is 11.9. The average molecular weight is 271 g/mol. The number of carbonyl (C=O) groups excluding carboxylic acids is 1. The lowest BCUT2D eigenvalue weighted by molar-refractivity contribution is -0.116. The summed E-state index contributed by atoms with van der Waals surface area (Å²) in [4.78, 5) is 23.7. The number of anilines is 2. The molecule has 0 saturated heterocycles. The molecule has 1 aromatic carbocycles. The van der Waals surface area contributed by atoms with Gasteiger partial charge in [0, 0.05) is 18.0 Å². The first-order valence-electron chi connectivity index (χ1n) is 6.29. The Morgan fingerprint density at radius 3 is 2.55 bits per heavy atom. The van der Waals surface area contributed by atoms with E-state index < -0.39 is 0 Å². The van der Waals surface area contributed by atoms with Gasteiger partial charge in [0.2, 0.25) is 5.91 Å². The van der Waals surface area contributed by atoms with Crippen LogP contribution in [0, 0.1) is 13.8 Å². The van der Waals surface area contributed by atoms with Gasteiger partial charge in [0.05, 0.1) is 5.69 Å². The van der Waals surface area contributed by atoms with Gasteiger partial charge in [-0.05, 0) is 31.5 Å². The zero-order chi connectivity index (χ0) is 14.7. The third kappa shape index (κ3) is 3.26. The summed E-state index contributed by atoms with van der Waals surface area (Å²) in [5, 5.41) is 2.74. The van der Waals surface area contributed by atoms with Crippen LogP contribution in [0.1, 0.15) is 11.1 Å². The van der Waals surface area contributed by atoms with Crippen molar-refractivity contribution >= 4 is 17.3 Å². The van der Waals surface area contributed by atoms with Gasteiger partial charge in [-0.1, -0.05) is 17.7 Å². The lowest BCUT2D eigenvalue weighted by Gasteiger charge is -2.09. The standard InChI is InChI=1S/C15H17N3O2/c1-10-3-5-12(6-4-10)17-14(19)9-18-8-13(16)11(2)7-15(18)20/h3-8H,9,16H2,1-2H3,(H,17,19). The van der Waals surface area contributed by atoms with Gasteiger partial charge in [-0.25, -0.2) is 0 Å². The number of benzene rings is 1. The monoisotopic (exact) mass is 271 g/mol. The number of amides is 1. The van der Waals surface area contributed by atoms with Crippen molar-refractivity contribution in [3.63, 3.8) is 0 Å². The van der Waals surface area contributed by atoms with E-state index in [4.69, 9.17) is 5.73 Å². The predicted molar refractivity (Wildman–Crippen MR) is 79.7 cm³/mol. The fourth-order valence-corrected chi connectivity index (χ4v) is 1.80. The van der Waals surface area contributed by atoms with Gasteiger partial charge in [0.15, 0.2) is 0 Å². The van der Waals surface area contributed by atoms with E-state index in [0.29, 0.717) is 16.9 Å². The Labute approximate surface area is 117 Å². The van der Waals surface area contributed by atoms with E-state index in [1.165, 1.54) is 16.8 Å². The van der Waals surface area contributed by atoms with Crippen molar-refractivity contribution < 1.29 is 4.79 Å². The second-order valence-corrected chi connectivity index (χ2v) is 4.79. The number of nitrogens with one attached hydrogen (secondary N) is 1. The molecule has 0 fully saturated rings. The van der Waals surface area contributed by atoms with Crippen LogP contribution in [0.3, 0.4) is 0 Å². The zero-order valence-electron chi connectivity index (χ0n) is 11.5. The number of hydrogen-bond donors (Lipinski definition) is 2. The lowest BCUT2D eigenvalue weighted by Crippen LogP contribution is -2.27. The Morgan fingerprint density at radius 2 is 1.90 bits per heavy atom. The molecule has 1 aromatic heterocycles. The van der Waals surface area contributed by atoms with E-state index in [1.54, 1.807) is 6.92 Å². The maximum atomic E-state index is 11.9. The number of nitrogens with two attached hydrogens (primary N) is 1. The van der Waals surface area contributed by atoms with Crippen molar-refractivity contribution in [3.05, 3.63) is 58.0 Å². The molecular formula is C15H17N3O2. The molecule has 5 heteroatoms. The van der Waals surface area contributed by atoms with Crippen molar-refractivity contribution in [1.82, 2.24) is 4.57 Å². The van der Waals surface area contributed by atoms with Gasteiger partial charge in [0.1, 0.15) is 6.54 Å². The number of pyridine rings is 1. The highest BCUT2D eigenvalue weighted by Crippen LogP contribution is 2.09. The quantitative estimate of drug-likeness (QED) is 0.891. The van der Waals surface area contributed by atoms with Gasteiger partial charge >= 0.3 is 0 Å². The summed E-state index contributed by atoms with van der Waals surface area (Å²) in [6.45, 7) is 3.67. The average Bonchev–Trinajstić information content (AvgIpc) is 2.39. The molecular weight excluding hydrogens is 254 g/mol. The summed E-state index contributed by atoms with van der Waals surface area (Å²) in [5.41, 5.74) is 8.53. The molecule has 0 atom stereocenters. The highest BCUT2D eigenvalue weighted by molar-refractivity contribution is 5.90. The second-order valence-electron chi connectivity index (χ2n) is 4.79. The zero-order valence-corrected chi connectivity index (χ0v) is 11.5. The molecule has 0 saturated carbocycles. The molecule has 2 rings (SSSR count). The predicted octanol–water partition coefficient (Wildman–Crippen LogP) is 1.69. The smallest absolute Gasteiger partial charge is 0.251 e. The van der Waals surface area contributed by atoms with E-state index in [9.17, 15) is 9.59 Å². The normalized spacial score (nSPS) is 10.3. The lowest BCUT2D eigenvalue weighted by atomic mass is 10.2. The molecule has 0 aliphatic heterocycles.